The monoisotopic (exact) mass is 346 g/mol. The molecule has 24 heavy (non-hydrogen) atoms. The molecule has 2 unspecified atom stereocenters. The van der Waals surface area contributed by atoms with E-state index >= 15 is 0 Å². The minimum atomic E-state index is 0.789. The Morgan fingerprint density at radius 3 is 2.08 bits per heavy atom. The van der Waals surface area contributed by atoms with Gasteiger partial charge < -0.3 is 0 Å². The fraction of sp³-hybridized carbons (Fsp3) is 0.0909. The average molecular weight is 346 g/mol. The van der Waals surface area contributed by atoms with Gasteiger partial charge in [-0.15, -0.1) is 0 Å². The van der Waals surface area contributed by atoms with E-state index in [1.807, 2.05) is 0 Å². The van der Waals surface area contributed by atoms with Crippen molar-refractivity contribution in [2.24, 2.45) is 0 Å². The first-order valence-corrected chi connectivity index (χ1v) is 11.2. The quantitative estimate of drug-likeness (QED) is 0.428. The van der Waals surface area contributed by atoms with Gasteiger partial charge in [0.1, 0.15) is 0 Å². The molecule has 0 amide bonds. The van der Waals surface area contributed by atoms with E-state index in [2.05, 4.69) is 86.1 Å². The van der Waals surface area contributed by atoms with Crippen LogP contribution < -0.4 is 10.6 Å². The van der Waals surface area contributed by atoms with Gasteiger partial charge in [-0.25, -0.2) is 0 Å². The molecule has 0 saturated heterocycles. The summed E-state index contributed by atoms with van der Waals surface area (Å²) in [5, 5.41) is 8.28. The lowest BCUT2D eigenvalue weighted by Crippen LogP contribution is -2.04. The smallest absolute Gasteiger partial charge is 0.00247 e. The third kappa shape index (κ3) is 2.65. The van der Waals surface area contributed by atoms with E-state index in [1.165, 1.54) is 43.3 Å². The van der Waals surface area contributed by atoms with Crippen LogP contribution in [0.4, 0.5) is 0 Å². The van der Waals surface area contributed by atoms with Crippen LogP contribution in [0, 0.1) is 0 Å². The van der Waals surface area contributed by atoms with Crippen LogP contribution in [-0.2, 0) is 0 Å². The predicted molar refractivity (Wildman–Crippen MR) is 115 cm³/mol. The lowest BCUT2D eigenvalue weighted by molar-refractivity contribution is 1.73. The molecule has 0 aliphatic heterocycles. The van der Waals surface area contributed by atoms with Gasteiger partial charge in [0.05, 0.1) is 0 Å². The Labute approximate surface area is 146 Å². The Kier molecular flexibility index (Phi) is 4.36. The summed E-state index contributed by atoms with van der Waals surface area (Å²) in [7, 11) is 1.60. The molecule has 4 aromatic rings. The maximum Gasteiger partial charge on any atom is -0.00247 e. The van der Waals surface area contributed by atoms with Gasteiger partial charge in [0.2, 0.25) is 0 Å². The summed E-state index contributed by atoms with van der Waals surface area (Å²) in [6, 6.07) is 26.9. The van der Waals surface area contributed by atoms with E-state index in [0.29, 0.717) is 0 Å². The summed E-state index contributed by atoms with van der Waals surface area (Å²) in [6.45, 7) is 4.54. The molecule has 0 fully saturated rings. The van der Waals surface area contributed by atoms with Crippen molar-refractivity contribution in [2.45, 2.75) is 0 Å². The predicted octanol–water partition coefficient (Wildman–Crippen LogP) is 5.53. The summed E-state index contributed by atoms with van der Waals surface area (Å²) in [5.41, 5.74) is 2.81. The molecule has 0 nitrogen and oxygen atoms in total. The molecule has 118 valence electrons. The Bertz CT molecular complexity index is 1030. The summed E-state index contributed by atoms with van der Waals surface area (Å²) in [4.78, 5) is 0. The van der Waals surface area contributed by atoms with Gasteiger partial charge in [-0.1, -0.05) is 77.8 Å². The van der Waals surface area contributed by atoms with Crippen LogP contribution in [0.25, 0.3) is 32.7 Å². The molecule has 2 heteroatoms. The molecule has 0 bridgehead atoms. The van der Waals surface area contributed by atoms with E-state index in [-0.39, 0.29) is 0 Å². The van der Waals surface area contributed by atoms with Crippen LogP contribution in [0.2, 0.25) is 0 Å². The molecule has 0 heterocycles. The zero-order chi connectivity index (χ0) is 16.5. The van der Waals surface area contributed by atoms with Crippen LogP contribution in [-0.4, -0.2) is 13.3 Å². The van der Waals surface area contributed by atoms with Gasteiger partial charge in [-0.2, -0.15) is 0 Å². The molecule has 4 rings (SSSR count). The normalized spacial score (nSPS) is 12.2. The van der Waals surface area contributed by atoms with Crippen molar-refractivity contribution < 1.29 is 0 Å². The fourth-order valence-corrected chi connectivity index (χ4v) is 4.79. The van der Waals surface area contributed by atoms with Crippen LogP contribution in [0.5, 0.6) is 0 Å². The topological polar surface area (TPSA) is 0 Å². The lowest BCUT2D eigenvalue weighted by Gasteiger charge is -2.16. The zero-order valence-electron chi connectivity index (χ0n) is 13.9. The van der Waals surface area contributed by atoms with Gasteiger partial charge in [-0.05, 0) is 68.7 Å². The summed E-state index contributed by atoms with van der Waals surface area (Å²) < 4.78 is 0. The second-order valence-corrected chi connectivity index (χ2v) is 8.07. The van der Waals surface area contributed by atoms with Crippen LogP contribution in [0.3, 0.4) is 0 Å². The molecule has 2 atom stereocenters. The molecule has 0 spiro atoms. The Hall–Kier alpha value is -1.74. The number of benzene rings is 4. The van der Waals surface area contributed by atoms with Crippen molar-refractivity contribution in [3.05, 3.63) is 72.8 Å². The molecule has 0 aliphatic rings. The fourth-order valence-electron chi connectivity index (χ4n) is 3.43. The van der Waals surface area contributed by atoms with Crippen molar-refractivity contribution in [2.75, 3.05) is 13.3 Å². The van der Waals surface area contributed by atoms with E-state index in [1.54, 1.807) is 0 Å². The van der Waals surface area contributed by atoms with Gasteiger partial charge in [0, 0.05) is 0 Å². The second-order valence-electron chi connectivity index (χ2n) is 5.95. The highest BCUT2D eigenvalue weighted by Gasteiger charge is 2.13. The molecule has 0 saturated carbocycles. The van der Waals surface area contributed by atoms with Gasteiger partial charge >= 0.3 is 0 Å². The molecular formula is C22H20P2. The van der Waals surface area contributed by atoms with Crippen molar-refractivity contribution in [3.8, 4) is 11.1 Å². The number of hydrogen-bond acceptors (Lipinski definition) is 0. The summed E-state index contributed by atoms with van der Waals surface area (Å²) in [6.07, 6.45) is 0. The Morgan fingerprint density at radius 1 is 0.625 bits per heavy atom. The second kappa shape index (κ2) is 6.64. The van der Waals surface area contributed by atoms with Crippen molar-refractivity contribution in [3.63, 3.8) is 0 Å². The number of rotatable bonds is 3. The Morgan fingerprint density at radius 2 is 1.33 bits per heavy atom. The van der Waals surface area contributed by atoms with Gasteiger partial charge in [0.15, 0.2) is 0 Å². The number of hydrogen-bond donors (Lipinski definition) is 0. The third-order valence-electron chi connectivity index (χ3n) is 4.62. The van der Waals surface area contributed by atoms with Gasteiger partial charge in [0.25, 0.3) is 0 Å². The maximum atomic E-state index is 2.41. The van der Waals surface area contributed by atoms with Crippen LogP contribution >= 0.6 is 17.2 Å². The van der Waals surface area contributed by atoms with Crippen molar-refractivity contribution in [1.29, 1.82) is 0 Å². The minimum Gasteiger partial charge on any atom is -0.0935 e. The van der Waals surface area contributed by atoms with Crippen molar-refractivity contribution in [1.82, 2.24) is 0 Å². The van der Waals surface area contributed by atoms with E-state index in [9.17, 15) is 0 Å². The van der Waals surface area contributed by atoms with E-state index in [4.69, 9.17) is 0 Å². The van der Waals surface area contributed by atoms with Gasteiger partial charge in [-0.3, -0.25) is 0 Å². The zero-order valence-corrected chi connectivity index (χ0v) is 15.9. The van der Waals surface area contributed by atoms with Crippen molar-refractivity contribution >= 4 is 49.3 Å². The molecule has 0 N–H and O–H groups in total. The van der Waals surface area contributed by atoms with Crippen LogP contribution in [0.15, 0.2) is 72.8 Å². The first kappa shape index (κ1) is 15.8. The first-order chi connectivity index (χ1) is 11.8. The standard InChI is InChI=1S/C22H20P2/c1-23-17-13-16-8-4-5-9-18(16)20(14-17)22-19-10-6-3-7-15(19)11-12-21(22)24-2/h3-14,23-24H,1-2H3. The molecular weight excluding hydrogens is 326 g/mol. The lowest BCUT2D eigenvalue weighted by atomic mass is 9.94. The maximum absolute atomic E-state index is 2.41. The summed E-state index contributed by atoms with van der Waals surface area (Å²) in [5.74, 6) is 0. The third-order valence-corrected chi connectivity index (χ3v) is 6.44. The SMILES string of the molecule is CPc1cc(-c2c(PC)ccc3ccccc23)c2ccccc2c1. The highest BCUT2D eigenvalue weighted by Crippen LogP contribution is 2.35. The molecule has 0 aromatic heterocycles. The molecule has 0 radical (unpaired) electrons. The summed E-state index contributed by atoms with van der Waals surface area (Å²) >= 11 is 0. The Balaban J connectivity index is 2.16. The highest BCUT2D eigenvalue weighted by molar-refractivity contribution is 7.47. The molecule has 0 aliphatic carbocycles. The first-order valence-electron chi connectivity index (χ1n) is 8.22. The highest BCUT2D eigenvalue weighted by atomic mass is 31.1. The average Bonchev–Trinajstić information content (AvgIpc) is 2.66. The van der Waals surface area contributed by atoms with E-state index < -0.39 is 0 Å². The number of fused-ring (bicyclic) bond motifs is 2. The minimum absolute atomic E-state index is 0.789. The van der Waals surface area contributed by atoms with Crippen LogP contribution in [0.1, 0.15) is 0 Å². The van der Waals surface area contributed by atoms with E-state index in [0.717, 1.165) is 17.2 Å². The molecule has 4 aromatic carbocycles. The largest absolute Gasteiger partial charge is 0.0935 e.